The maximum atomic E-state index is 5.63. The molecule has 1 aliphatic carbocycles. The summed E-state index contributed by atoms with van der Waals surface area (Å²) in [5.41, 5.74) is 5.09. The number of piperazine rings is 1. The Bertz CT molecular complexity index is 802. The fourth-order valence-electron chi connectivity index (χ4n) is 6.88. The van der Waals surface area contributed by atoms with Crippen molar-refractivity contribution in [2.75, 3.05) is 75.9 Å². The van der Waals surface area contributed by atoms with Crippen LogP contribution in [0.3, 0.4) is 0 Å². The summed E-state index contributed by atoms with van der Waals surface area (Å²) in [7, 11) is 1.86. The third-order valence-corrected chi connectivity index (χ3v) is 9.50. The lowest BCUT2D eigenvalue weighted by atomic mass is 9.71. The first-order chi connectivity index (χ1) is 17.0. The van der Waals surface area contributed by atoms with Crippen LogP contribution in [0.2, 0.25) is 0 Å². The number of hydrogen-bond donors (Lipinski definition) is 0. The minimum absolute atomic E-state index is 0. The minimum atomic E-state index is 0. The van der Waals surface area contributed by atoms with Crippen LogP contribution >= 0.6 is 12.4 Å². The molecule has 4 fully saturated rings. The van der Waals surface area contributed by atoms with Gasteiger partial charge >= 0.3 is 0 Å². The molecule has 1 saturated carbocycles. The zero-order valence-electron chi connectivity index (χ0n) is 23.1. The molecule has 0 radical (unpaired) electrons. The second kappa shape index (κ2) is 12.7. The molecule has 204 valence electrons. The quantitative estimate of drug-likeness (QED) is 0.462. The lowest BCUT2D eigenvalue weighted by Crippen LogP contribution is -2.48. The molecular formula is C30H50ClN3O2. The first kappa shape index (κ1) is 28.0. The van der Waals surface area contributed by atoms with Gasteiger partial charge in [0.2, 0.25) is 0 Å². The Hall–Kier alpha value is -1.01. The van der Waals surface area contributed by atoms with Gasteiger partial charge in [-0.25, -0.2) is 0 Å². The van der Waals surface area contributed by atoms with Crippen LogP contribution in [0, 0.1) is 11.3 Å². The highest BCUT2D eigenvalue weighted by atomic mass is 35.5. The monoisotopic (exact) mass is 519 g/mol. The van der Waals surface area contributed by atoms with E-state index in [1.54, 1.807) is 5.56 Å². The van der Waals surface area contributed by atoms with Crippen LogP contribution in [0.15, 0.2) is 18.2 Å². The smallest absolute Gasteiger partial charge is 0.0605 e. The number of halogens is 1. The first-order valence-electron chi connectivity index (χ1n) is 14.5. The van der Waals surface area contributed by atoms with Crippen molar-refractivity contribution >= 4 is 23.8 Å². The van der Waals surface area contributed by atoms with Gasteiger partial charge in [0.1, 0.15) is 0 Å². The first-order valence-corrected chi connectivity index (χ1v) is 14.5. The van der Waals surface area contributed by atoms with Crippen molar-refractivity contribution in [2.45, 2.75) is 77.2 Å². The van der Waals surface area contributed by atoms with E-state index in [-0.39, 0.29) is 12.4 Å². The molecule has 0 unspecified atom stereocenters. The van der Waals surface area contributed by atoms with Crippen LogP contribution in [0.1, 0.15) is 76.7 Å². The van der Waals surface area contributed by atoms with Crippen molar-refractivity contribution in [3.63, 3.8) is 0 Å². The zero-order chi connectivity index (χ0) is 24.3. The average Bonchev–Trinajstić information content (AvgIpc) is 2.90. The van der Waals surface area contributed by atoms with Gasteiger partial charge in [-0.05, 0) is 92.4 Å². The lowest BCUT2D eigenvalue weighted by Gasteiger charge is -2.41. The summed E-state index contributed by atoms with van der Waals surface area (Å²) < 4.78 is 11.2. The maximum Gasteiger partial charge on any atom is 0.0605 e. The third-order valence-electron chi connectivity index (χ3n) is 9.50. The van der Waals surface area contributed by atoms with Crippen molar-refractivity contribution < 1.29 is 9.47 Å². The van der Waals surface area contributed by atoms with Gasteiger partial charge in [-0.2, -0.15) is 0 Å². The van der Waals surface area contributed by atoms with Gasteiger partial charge in [0, 0.05) is 77.5 Å². The fourth-order valence-corrected chi connectivity index (χ4v) is 6.88. The molecule has 0 aromatic heterocycles. The van der Waals surface area contributed by atoms with Gasteiger partial charge in [0.25, 0.3) is 0 Å². The summed E-state index contributed by atoms with van der Waals surface area (Å²) >= 11 is 0. The minimum Gasteiger partial charge on any atom is -0.381 e. The van der Waals surface area contributed by atoms with Crippen molar-refractivity contribution in [1.82, 2.24) is 4.90 Å². The molecule has 1 aromatic carbocycles. The van der Waals surface area contributed by atoms with Crippen molar-refractivity contribution in [2.24, 2.45) is 11.3 Å². The number of ether oxygens (including phenoxy) is 2. The number of benzene rings is 1. The summed E-state index contributed by atoms with van der Waals surface area (Å²) in [5, 5.41) is 0. The highest BCUT2D eigenvalue weighted by molar-refractivity contribution is 5.85. The molecule has 0 amide bonds. The van der Waals surface area contributed by atoms with E-state index in [1.165, 1.54) is 69.5 Å². The largest absolute Gasteiger partial charge is 0.381 e. The van der Waals surface area contributed by atoms with Crippen molar-refractivity contribution in [3.05, 3.63) is 23.8 Å². The molecule has 0 bridgehead atoms. The van der Waals surface area contributed by atoms with E-state index in [4.69, 9.17) is 9.47 Å². The van der Waals surface area contributed by atoms with Gasteiger partial charge < -0.3 is 19.3 Å². The summed E-state index contributed by atoms with van der Waals surface area (Å²) in [4.78, 5) is 8.02. The predicted octanol–water partition coefficient (Wildman–Crippen LogP) is 5.96. The number of piperidine rings is 1. The zero-order valence-corrected chi connectivity index (χ0v) is 23.9. The van der Waals surface area contributed by atoms with Crippen LogP contribution in [0.4, 0.5) is 11.4 Å². The van der Waals surface area contributed by atoms with E-state index < -0.39 is 0 Å². The van der Waals surface area contributed by atoms with Crippen molar-refractivity contribution in [1.29, 1.82) is 0 Å². The SMILES string of the molecule is COC1CCN(c2ccc(N3CCN(CC4CCOCC4)CC3)c(C3CCC(C)(C)CC3)c2)CC1.Cl. The van der Waals surface area contributed by atoms with E-state index in [0.717, 1.165) is 58.2 Å². The van der Waals surface area contributed by atoms with E-state index in [0.29, 0.717) is 17.4 Å². The van der Waals surface area contributed by atoms with Crippen LogP contribution in [0.25, 0.3) is 0 Å². The average molecular weight is 520 g/mol. The van der Waals surface area contributed by atoms with Crippen LogP contribution in [-0.2, 0) is 9.47 Å². The number of rotatable bonds is 6. The molecule has 0 atom stereocenters. The number of anilines is 2. The van der Waals surface area contributed by atoms with E-state index in [9.17, 15) is 0 Å². The van der Waals surface area contributed by atoms with Gasteiger partial charge in [-0.1, -0.05) is 13.8 Å². The molecule has 4 aliphatic rings. The number of hydrogen-bond acceptors (Lipinski definition) is 5. The van der Waals surface area contributed by atoms with Crippen molar-refractivity contribution in [3.8, 4) is 0 Å². The Morgan fingerprint density at radius 1 is 0.861 bits per heavy atom. The Morgan fingerprint density at radius 2 is 1.53 bits per heavy atom. The second-order valence-corrected chi connectivity index (χ2v) is 12.4. The molecule has 3 aliphatic heterocycles. The summed E-state index contributed by atoms with van der Waals surface area (Å²) in [6.07, 6.45) is 10.6. The maximum absolute atomic E-state index is 5.63. The van der Waals surface area contributed by atoms with Gasteiger partial charge in [0.15, 0.2) is 0 Å². The molecule has 5 rings (SSSR count). The van der Waals surface area contributed by atoms with Gasteiger partial charge in [-0.3, -0.25) is 4.90 Å². The lowest BCUT2D eigenvalue weighted by molar-refractivity contribution is 0.0517. The molecule has 6 heteroatoms. The molecule has 3 saturated heterocycles. The van der Waals surface area contributed by atoms with E-state index in [2.05, 4.69) is 46.7 Å². The summed E-state index contributed by atoms with van der Waals surface area (Å²) in [6, 6.07) is 7.47. The van der Waals surface area contributed by atoms with E-state index in [1.807, 2.05) is 7.11 Å². The Morgan fingerprint density at radius 3 is 2.17 bits per heavy atom. The standard InChI is InChI=1S/C30H49N3O2.ClH/c1-30(2)12-6-25(7-13-30)28-22-26(32-14-8-27(34-3)9-15-32)4-5-29(28)33-18-16-31(17-19-33)23-24-10-20-35-21-11-24;/h4-5,22,24-25,27H,6-21,23H2,1-3H3;1H. The molecule has 3 heterocycles. The number of nitrogens with zero attached hydrogens (tertiary/aromatic N) is 3. The fraction of sp³-hybridized carbons (Fsp3) is 0.800. The highest BCUT2D eigenvalue weighted by Gasteiger charge is 2.31. The van der Waals surface area contributed by atoms with Crippen LogP contribution < -0.4 is 9.80 Å². The third kappa shape index (κ3) is 6.89. The normalized spacial score (nSPS) is 25.1. The molecule has 0 N–H and O–H groups in total. The Balaban J connectivity index is 0.00000304. The Labute approximate surface area is 226 Å². The molecule has 0 spiro atoms. The van der Waals surface area contributed by atoms with Gasteiger partial charge in [-0.15, -0.1) is 12.4 Å². The Kier molecular flexibility index (Phi) is 9.87. The highest BCUT2D eigenvalue weighted by Crippen LogP contribution is 2.46. The summed E-state index contributed by atoms with van der Waals surface area (Å²) in [5.74, 6) is 1.53. The van der Waals surface area contributed by atoms with Crippen LogP contribution in [-0.4, -0.2) is 77.1 Å². The molecule has 5 nitrogen and oxygen atoms in total. The molecular weight excluding hydrogens is 470 g/mol. The molecule has 36 heavy (non-hydrogen) atoms. The second-order valence-electron chi connectivity index (χ2n) is 12.4. The topological polar surface area (TPSA) is 28.2 Å². The molecule has 1 aromatic rings. The summed E-state index contributed by atoms with van der Waals surface area (Å²) in [6.45, 7) is 15.0. The predicted molar refractivity (Wildman–Crippen MR) is 153 cm³/mol. The van der Waals surface area contributed by atoms with Gasteiger partial charge in [0.05, 0.1) is 6.10 Å². The van der Waals surface area contributed by atoms with E-state index >= 15 is 0 Å². The number of methoxy groups -OCH3 is 1. The van der Waals surface area contributed by atoms with Crippen LogP contribution in [0.5, 0.6) is 0 Å².